The van der Waals surface area contributed by atoms with Gasteiger partial charge in [0.25, 0.3) is 5.91 Å². The highest BCUT2D eigenvalue weighted by atomic mass is 32.2. The number of alkyl halides is 3. The molecular formula is C24H19F3N6O2S. The van der Waals surface area contributed by atoms with Crippen LogP contribution in [0, 0.1) is 6.92 Å². The molecule has 2 aromatic heterocycles. The molecule has 12 heteroatoms. The molecule has 0 saturated heterocycles. The van der Waals surface area contributed by atoms with Gasteiger partial charge in [0.1, 0.15) is 23.5 Å². The number of aryl methyl sites for hydroxylation is 1. The highest BCUT2D eigenvalue weighted by Gasteiger charge is 2.30. The molecule has 0 aliphatic heterocycles. The van der Waals surface area contributed by atoms with Crippen molar-refractivity contribution in [2.75, 3.05) is 16.9 Å². The molecule has 2 N–H and O–H groups in total. The third-order valence-electron chi connectivity index (χ3n) is 5.13. The second kappa shape index (κ2) is 10.2. The van der Waals surface area contributed by atoms with Crippen LogP contribution in [0.2, 0.25) is 0 Å². The number of aromatic nitrogens is 4. The number of carbonyl (C=O) groups is 1. The first-order valence-electron chi connectivity index (χ1n) is 10.4. The predicted molar refractivity (Wildman–Crippen MR) is 129 cm³/mol. The molecule has 1 amide bonds. The molecule has 4 rings (SSSR count). The lowest BCUT2D eigenvalue weighted by atomic mass is 10.1. The largest absolute Gasteiger partial charge is 0.416 e. The SMILES string of the molecule is Cc1ccc(NC(=O)c2cccc(C(F)(F)F)c2)cc1Nc1ncncc1-c1cc(S(C)=O)ncn1. The van der Waals surface area contributed by atoms with Crippen molar-refractivity contribution in [3.05, 3.63) is 84.1 Å². The van der Waals surface area contributed by atoms with Gasteiger partial charge in [-0.15, -0.1) is 0 Å². The Labute approximate surface area is 206 Å². The van der Waals surface area contributed by atoms with Crippen LogP contribution in [-0.2, 0) is 17.0 Å². The van der Waals surface area contributed by atoms with Gasteiger partial charge >= 0.3 is 6.18 Å². The number of nitrogens with zero attached hydrogens (tertiary/aromatic N) is 4. The van der Waals surface area contributed by atoms with E-state index in [0.717, 1.165) is 17.7 Å². The van der Waals surface area contributed by atoms with E-state index in [1.807, 2.05) is 6.92 Å². The van der Waals surface area contributed by atoms with Crippen LogP contribution in [0.4, 0.5) is 30.4 Å². The van der Waals surface area contributed by atoms with Gasteiger partial charge in [-0.1, -0.05) is 12.1 Å². The lowest BCUT2D eigenvalue weighted by Gasteiger charge is -2.14. The second-order valence-electron chi connectivity index (χ2n) is 7.67. The van der Waals surface area contributed by atoms with Crippen LogP contribution in [-0.4, -0.2) is 36.3 Å². The zero-order chi connectivity index (χ0) is 25.9. The number of halogens is 3. The Morgan fingerprint density at radius 3 is 2.56 bits per heavy atom. The number of nitrogens with one attached hydrogen (secondary N) is 2. The van der Waals surface area contributed by atoms with Gasteiger partial charge < -0.3 is 10.6 Å². The number of amides is 1. The summed E-state index contributed by atoms with van der Waals surface area (Å²) in [7, 11) is -1.31. The van der Waals surface area contributed by atoms with Gasteiger partial charge in [-0.05, 0) is 48.9 Å². The van der Waals surface area contributed by atoms with Crippen molar-refractivity contribution in [3.8, 4) is 11.3 Å². The van der Waals surface area contributed by atoms with Gasteiger partial charge in [-0.2, -0.15) is 13.2 Å². The first kappa shape index (κ1) is 24.9. The van der Waals surface area contributed by atoms with Crippen molar-refractivity contribution in [2.24, 2.45) is 0 Å². The van der Waals surface area contributed by atoms with E-state index in [2.05, 4.69) is 30.6 Å². The Bertz CT molecular complexity index is 1460. The minimum Gasteiger partial charge on any atom is -0.339 e. The average molecular weight is 513 g/mol. The van der Waals surface area contributed by atoms with Crippen molar-refractivity contribution in [3.63, 3.8) is 0 Å². The summed E-state index contributed by atoms with van der Waals surface area (Å²) in [6.07, 6.45) is 1.16. The molecular weight excluding hydrogens is 493 g/mol. The summed E-state index contributed by atoms with van der Waals surface area (Å²) in [5.41, 5.74) is 1.74. The standard InChI is InChI=1S/C24H19F3N6O2S/c1-14-6-7-17(32-23(34)15-4-3-5-16(8-15)24(25,26)27)9-19(14)33-22-18(11-28-12-31-22)20-10-21(36(2)35)30-13-29-20/h3-13H,1-2H3,(H,32,34)(H,28,31,33). The molecule has 8 nitrogen and oxygen atoms in total. The van der Waals surface area contributed by atoms with E-state index in [1.165, 1.54) is 31.0 Å². The molecule has 2 aromatic carbocycles. The van der Waals surface area contributed by atoms with E-state index in [-0.39, 0.29) is 5.56 Å². The Morgan fingerprint density at radius 2 is 1.81 bits per heavy atom. The quantitative estimate of drug-likeness (QED) is 0.350. The van der Waals surface area contributed by atoms with Crippen LogP contribution in [0.15, 0.2) is 72.4 Å². The minimum atomic E-state index is -4.55. The third kappa shape index (κ3) is 5.71. The zero-order valence-corrected chi connectivity index (χ0v) is 19.8. The molecule has 0 fully saturated rings. The molecule has 0 aliphatic carbocycles. The normalized spacial score (nSPS) is 12.1. The van der Waals surface area contributed by atoms with E-state index in [4.69, 9.17) is 0 Å². The first-order valence-corrected chi connectivity index (χ1v) is 12.0. The number of rotatable bonds is 6. The average Bonchev–Trinajstić information content (AvgIpc) is 2.86. The highest BCUT2D eigenvalue weighted by Crippen LogP contribution is 2.31. The van der Waals surface area contributed by atoms with E-state index in [9.17, 15) is 22.2 Å². The van der Waals surface area contributed by atoms with Crippen molar-refractivity contribution in [1.29, 1.82) is 0 Å². The summed E-state index contributed by atoms with van der Waals surface area (Å²) < 4.78 is 50.8. The Kier molecular flexibility index (Phi) is 7.06. The third-order valence-corrected chi connectivity index (χ3v) is 5.94. The summed E-state index contributed by atoms with van der Waals surface area (Å²) in [4.78, 5) is 29.2. The second-order valence-corrected chi connectivity index (χ2v) is 8.99. The van der Waals surface area contributed by atoms with Crippen LogP contribution in [0.3, 0.4) is 0 Å². The summed E-state index contributed by atoms with van der Waals surface area (Å²) in [5, 5.41) is 6.16. The molecule has 0 spiro atoms. The highest BCUT2D eigenvalue weighted by molar-refractivity contribution is 7.84. The van der Waals surface area contributed by atoms with E-state index in [0.29, 0.717) is 33.5 Å². The summed E-state index contributed by atoms with van der Waals surface area (Å²) in [6.45, 7) is 1.84. The van der Waals surface area contributed by atoms with Gasteiger partial charge in [-0.3, -0.25) is 9.00 Å². The van der Waals surface area contributed by atoms with Gasteiger partial charge in [0.15, 0.2) is 0 Å². The number of carbonyl (C=O) groups excluding carboxylic acids is 1. The van der Waals surface area contributed by atoms with Gasteiger partial charge in [-0.25, -0.2) is 19.9 Å². The molecule has 0 bridgehead atoms. The monoisotopic (exact) mass is 512 g/mol. The molecule has 2 heterocycles. The lowest BCUT2D eigenvalue weighted by Crippen LogP contribution is -2.14. The molecule has 1 unspecified atom stereocenters. The van der Waals surface area contributed by atoms with Crippen molar-refractivity contribution < 1.29 is 22.2 Å². The summed E-state index contributed by atoms with van der Waals surface area (Å²) in [5.74, 6) is -0.277. The molecule has 4 aromatic rings. The fourth-order valence-electron chi connectivity index (χ4n) is 3.26. The summed E-state index contributed by atoms with van der Waals surface area (Å²) >= 11 is 0. The zero-order valence-electron chi connectivity index (χ0n) is 19.0. The van der Waals surface area contributed by atoms with E-state index in [1.54, 1.807) is 30.5 Å². The van der Waals surface area contributed by atoms with Gasteiger partial charge in [0, 0.05) is 29.4 Å². The van der Waals surface area contributed by atoms with Crippen LogP contribution >= 0.6 is 0 Å². The number of hydrogen-bond acceptors (Lipinski definition) is 7. The molecule has 0 aliphatic rings. The van der Waals surface area contributed by atoms with Gasteiger partial charge in [0.2, 0.25) is 0 Å². The number of anilines is 3. The number of benzene rings is 2. The fourth-order valence-corrected chi connectivity index (χ4v) is 3.74. The maximum atomic E-state index is 13.0. The molecule has 1 atom stereocenters. The first-order chi connectivity index (χ1) is 17.1. The van der Waals surface area contributed by atoms with Crippen molar-refractivity contribution in [1.82, 2.24) is 19.9 Å². The van der Waals surface area contributed by atoms with E-state index < -0.39 is 28.4 Å². The minimum absolute atomic E-state index is 0.120. The Morgan fingerprint density at radius 1 is 1.00 bits per heavy atom. The van der Waals surface area contributed by atoms with E-state index >= 15 is 0 Å². The van der Waals surface area contributed by atoms with Crippen LogP contribution < -0.4 is 10.6 Å². The Balaban J connectivity index is 1.60. The topological polar surface area (TPSA) is 110 Å². The maximum Gasteiger partial charge on any atom is 0.416 e. The molecule has 184 valence electrons. The molecule has 36 heavy (non-hydrogen) atoms. The summed E-state index contributed by atoms with van der Waals surface area (Å²) in [6, 6.07) is 10.8. The number of hydrogen-bond donors (Lipinski definition) is 2. The van der Waals surface area contributed by atoms with Crippen LogP contribution in [0.5, 0.6) is 0 Å². The smallest absolute Gasteiger partial charge is 0.339 e. The lowest BCUT2D eigenvalue weighted by molar-refractivity contribution is -0.137. The van der Waals surface area contributed by atoms with Crippen molar-refractivity contribution >= 4 is 33.9 Å². The van der Waals surface area contributed by atoms with Gasteiger partial charge in [0.05, 0.1) is 27.6 Å². The molecule has 0 radical (unpaired) electrons. The van der Waals surface area contributed by atoms with Crippen molar-refractivity contribution in [2.45, 2.75) is 18.1 Å². The maximum absolute atomic E-state index is 13.0. The molecule has 0 saturated carbocycles. The predicted octanol–water partition coefficient (Wildman–Crippen LogP) is 4.99. The van der Waals surface area contributed by atoms with Crippen LogP contribution in [0.1, 0.15) is 21.5 Å². The van der Waals surface area contributed by atoms with Crippen LogP contribution in [0.25, 0.3) is 11.3 Å². The Hall–Kier alpha value is -4.19. The fraction of sp³-hybridized carbons (Fsp3) is 0.125.